The molecule has 0 heterocycles. The maximum absolute atomic E-state index is 6.04. The molecule has 0 aliphatic heterocycles. The monoisotopic (exact) mass is 266 g/mol. The summed E-state index contributed by atoms with van der Waals surface area (Å²) in [5.74, 6) is 0.824. The first-order valence-electron chi connectivity index (χ1n) is 6.87. The van der Waals surface area contributed by atoms with Crippen LogP contribution in [0.1, 0.15) is 39.0 Å². The largest absolute Gasteiger partial charge is 0.378 e. The Kier molecular flexibility index (Phi) is 4.52. The van der Waals surface area contributed by atoms with E-state index in [9.17, 15) is 0 Å². The molecule has 3 heteroatoms. The van der Waals surface area contributed by atoms with Crippen LogP contribution in [0.25, 0.3) is 0 Å². The number of halogens is 1. The highest BCUT2D eigenvalue weighted by Gasteiger charge is 2.30. The Morgan fingerprint density at radius 1 is 1.28 bits per heavy atom. The second-order valence-electron chi connectivity index (χ2n) is 5.65. The van der Waals surface area contributed by atoms with Crippen LogP contribution in [0.15, 0.2) is 24.3 Å². The van der Waals surface area contributed by atoms with E-state index >= 15 is 0 Å². The van der Waals surface area contributed by atoms with E-state index in [1.807, 2.05) is 24.3 Å². The minimum atomic E-state index is 0.0680. The van der Waals surface area contributed by atoms with Gasteiger partial charge in [-0.3, -0.25) is 0 Å². The molecule has 0 spiro atoms. The van der Waals surface area contributed by atoms with Crippen molar-refractivity contribution >= 4 is 17.3 Å². The van der Waals surface area contributed by atoms with Crippen LogP contribution >= 0.6 is 11.6 Å². The molecule has 0 saturated heterocycles. The molecule has 1 aromatic carbocycles. The fraction of sp³-hybridized carbons (Fsp3) is 0.600. The average Bonchev–Trinajstić information content (AvgIpc) is 2.56. The molecular weight excluding hydrogens is 244 g/mol. The van der Waals surface area contributed by atoms with Crippen molar-refractivity contribution in [3.05, 3.63) is 29.3 Å². The standard InChI is InChI=1S/C15H23ClN2/c1-12-3-2-9-15(11-17,10-8-12)18-14-6-4-13(16)5-7-14/h4-7,12,18H,2-3,8-11,17H2,1H3. The highest BCUT2D eigenvalue weighted by Crippen LogP contribution is 2.32. The zero-order valence-corrected chi connectivity index (χ0v) is 11.8. The normalized spacial score (nSPS) is 28.7. The van der Waals surface area contributed by atoms with E-state index < -0.39 is 0 Å². The predicted molar refractivity (Wildman–Crippen MR) is 79.1 cm³/mol. The van der Waals surface area contributed by atoms with Gasteiger partial charge in [0.05, 0.1) is 0 Å². The molecule has 2 atom stereocenters. The lowest BCUT2D eigenvalue weighted by molar-refractivity contribution is 0.409. The molecule has 1 aliphatic carbocycles. The molecule has 1 fully saturated rings. The maximum atomic E-state index is 6.04. The lowest BCUT2D eigenvalue weighted by Crippen LogP contribution is -2.45. The number of anilines is 1. The van der Waals surface area contributed by atoms with E-state index in [0.29, 0.717) is 6.54 Å². The number of benzene rings is 1. The van der Waals surface area contributed by atoms with Crippen LogP contribution < -0.4 is 11.1 Å². The summed E-state index contributed by atoms with van der Waals surface area (Å²) in [7, 11) is 0. The highest BCUT2D eigenvalue weighted by atomic mass is 35.5. The van der Waals surface area contributed by atoms with Gasteiger partial charge in [-0.1, -0.05) is 31.4 Å². The maximum Gasteiger partial charge on any atom is 0.0495 e. The number of hydrogen-bond acceptors (Lipinski definition) is 2. The van der Waals surface area contributed by atoms with Gasteiger partial charge in [-0.2, -0.15) is 0 Å². The molecule has 18 heavy (non-hydrogen) atoms. The van der Waals surface area contributed by atoms with E-state index in [1.165, 1.54) is 19.3 Å². The van der Waals surface area contributed by atoms with Crippen LogP contribution in [0.2, 0.25) is 5.02 Å². The topological polar surface area (TPSA) is 38.0 Å². The molecule has 0 bridgehead atoms. The molecule has 3 N–H and O–H groups in total. The lowest BCUT2D eigenvalue weighted by Gasteiger charge is -2.34. The smallest absolute Gasteiger partial charge is 0.0495 e. The van der Waals surface area contributed by atoms with E-state index in [0.717, 1.165) is 29.5 Å². The Hall–Kier alpha value is -0.730. The summed E-state index contributed by atoms with van der Waals surface area (Å²) in [6.07, 6.45) is 6.17. The van der Waals surface area contributed by atoms with Crippen molar-refractivity contribution in [2.24, 2.45) is 11.7 Å². The van der Waals surface area contributed by atoms with Crippen LogP contribution in [-0.4, -0.2) is 12.1 Å². The van der Waals surface area contributed by atoms with E-state index in [2.05, 4.69) is 12.2 Å². The molecule has 0 amide bonds. The predicted octanol–water partition coefficient (Wildman–Crippen LogP) is 4.05. The molecule has 100 valence electrons. The zero-order chi connectivity index (χ0) is 13.0. The van der Waals surface area contributed by atoms with Crippen LogP contribution in [0.3, 0.4) is 0 Å². The van der Waals surface area contributed by atoms with Gasteiger partial charge < -0.3 is 11.1 Å². The highest BCUT2D eigenvalue weighted by molar-refractivity contribution is 6.30. The van der Waals surface area contributed by atoms with Crippen molar-refractivity contribution in [3.63, 3.8) is 0 Å². The van der Waals surface area contributed by atoms with Crippen molar-refractivity contribution in [1.82, 2.24) is 0 Å². The van der Waals surface area contributed by atoms with Crippen LogP contribution in [0.4, 0.5) is 5.69 Å². The first kappa shape index (κ1) is 13.7. The fourth-order valence-corrected chi connectivity index (χ4v) is 2.93. The molecule has 2 nitrogen and oxygen atoms in total. The molecule has 1 saturated carbocycles. The fourth-order valence-electron chi connectivity index (χ4n) is 2.80. The number of hydrogen-bond donors (Lipinski definition) is 2. The first-order chi connectivity index (χ1) is 8.63. The Bertz CT molecular complexity index is 377. The quantitative estimate of drug-likeness (QED) is 0.810. The summed E-state index contributed by atoms with van der Waals surface area (Å²) in [6.45, 7) is 3.04. The van der Waals surface area contributed by atoms with Crippen molar-refractivity contribution < 1.29 is 0 Å². The van der Waals surface area contributed by atoms with Crippen LogP contribution in [0.5, 0.6) is 0 Å². The summed E-state index contributed by atoms with van der Waals surface area (Å²) in [4.78, 5) is 0. The second-order valence-corrected chi connectivity index (χ2v) is 6.09. The molecule has 0 radical (unpaired) electrons. The summed E-state index contributed by atoms with van der Waals surface area (Å²) < 4.78 is 0. The molecule has 2 unspecified atom stereocenters. The van der Waals surface area contributed by atoms with Crippen molar-refractivity contribution in [2.75, 3.05) is 11.9 Å². The number of nitrogens with one attached hydrogen (secondary N) is 1. The van der Waals surface area contributed by atoms with Crippen molar-refractivity contribution in [2.45, 2.75) is 44.6 Å². The van der Waals surface area contributed by atoms with Gasteiger partial charge in [0.15, 0.2) is 0 Å². The summed E-state index contributed by atoms with van der Waals surface area (Å²) in [5.41, 5.74) is 7.23. The van der Waals surface area contributed by atoms with Crippen LogP contribution in [-0.2, 0) is 0 Å². The minimum Gasteiger partial charge on any atom is -0.378 e. The lowest BCUT2D eigenvalue weighted by atomic mass is 9.89. The Morgan fingerprint density at radius 3 is 2.67 bits per heavy atom. The third-order valence-electron chi connectivity index (χ3n) is 4.11. The number of nitrogens with two attached hydrogens (primary N) is 1. The molecule has 2 rings (SSSR count). The zero-order valence-electron chi connectivity index (χ0n) is 11.1. The van der Waals surface area contributed by atoms with Gasteiger partial charge in [-0.25, -0.2) is 0 Å². The molecule has 1 aliphatic rings. The Morgan fingerprint density at radius 2 is 2.00 bits per heavy atom. The van der Waals surface area contributed by atoms with Gasteiger partial charge in [0, 0.05) is 22.8 Å². The minimum absolute atomic E-state index is 0.0680. The summed E-state index contributed by atoms with van der Waals surface area (Å²) >= 11 is 5.92. The third-order valence-corrected chi connectivity index (χ3v) is 4.36. The van der Waals surface area contributed by atoms with Gasteiger partial charge in [0.25, 0.3) is 0 Å². The van der Waals surface area contributed by atoms with E-state index in [4.69, 9.17) is 17.3 Å². The summed E-state index contributed by atoms with van der Waals surface area (Å²) in [6, 6.07) is 7.92. The SMILES string of the molecule is CC1CCCC(CN)(Nc2ccc(Cl)cc2)CC1. The van der Waals surface area contributed by atoms with Gasteiger partial charge >= 0.3 is 0 Å². The Balaban J connectivity index is 2.09. The second kappa shape index (κ2) is 5.94. The van der Waals surface area contributed by atoms with Gasteiger partial charge in [-0.05, 0) is 49.4 Å². The van der Waals surface area contributed by atoms with E-state index in [1.54, 1.807) is 0 Å². The van der Waals surface area contributed by atoms with Crippen LogP contribution in [0, 0.1) is 5.92 Å². The molecular formula is C15H23ClN2. The van der Waals surface area contributed by atoms with E-state index in [-0.39, 0.29) is 5.54 Å². The third kappa shape index (κ3) is 3.39. The number of rotatable bonds is 3. The molecule has 1 aromatic rings. The van der Waals surface area contributed by atoms with Gasteiger partial charge in [0.2, 0.25) is 0 Å². The van der Waals surface area contributed by atoms with Gasteiger partial charge in [0.1, 0.15) is 0 Å². The Labute approximate surface area is 115 Å². The van der Waals surface area contributed by atoms with Gasteiger partial charge in [-0.15, -0.1) is 0 Å². The molecule has 0 aromatic heterocycles. The van der Waals surface area contributed by atoms with Crippen molar-refractivity contribution in [3.8, 4) is 0 Å². The average molecular weight is 267 g/mol. The summed E-state index contributed by atoms with van der Waals surface area (Å²) in [5, 5.41) is 4.42. The van der Waals surface area contributed by atoms with Crippen molar-refractivity contribution in [1.29, 1.82) is 0 Å². The first-order valence-corrected chi connectivity index (χ1v) is 7.25.